The van der Waals surface area contributed by atoms with Crippen molar-refractivity contribution in [3.05, 3.63) is 96.1 Å². The second-order valence-electron chi connectivity index (χ2n) is 9.17. The molecule has 6 nitrogen and oxygen atoms in total. The van der Waals surface area contributed by atoms with E-state index in [1.807, 2.05) is 32.0 Å². The summed E-state index contributed by atoms with van der Waals surface area (Å²) < 4.78 is 5.96. The number of fused-ring (bicyclic) bond motifs is 5. The van der Waals surface area contributed by atoms with Crippen LogP contribution >= 0.6 is 0 Å². The number of aliphatic imine (C=N–C) groups is 2. The van der Waals surface area contributed by atoms with E-state index in [0.717, 1.165) is 21.7 Å². The van der Waals surface area contributed by atoms with Gasteiger partial charge in [0.15, 0.2) is 6.17 Å². The minimum atomic E-state index is -0.738. The van der Waals surface area contributed by atoms with Gasteiger partial charge in [-0.05, 0) is 64.4 Å². The maximum absolute atomic E-state index is 10.5. The average Bonchev–Trinajstić information content (AvgIpc) is 2.87. The number of hydrogen-bond acceptors (Lipinski definition) is 6. The second kappa shape index (κ2) is 8.57. The van der Waals surface area contributed by atoms with Gasteiger partial charge in [0.25, 0.3) is 6.02 Å². The second-order valence-corrected chi connectivity index (χ2v) is 9.17. The fourth-order valence-electron chi connectivity index (χ4n) is 4.79. The molecule has 5 aromatic carbocycles. The summed E-state index contributed by atoms with van der Waals surface area (Å²) in [5.41, 5.74) is 1.39. The molecule has 6 heteroatoms. The number of benzene rings is 5. The highest BCUT2D eigenvalue weighted by Gasteiger charge is 2.25. The molecule has 5 aromatic rings. The lowest BCUT2D eigenvalue weighted by atomic mass is 9.93. The molecule has 1 heterocycles. The third kappa shape index (κ3) is 3.77. The standard InChI is InChI=1S/C30H25N3O3/c1-17(2)36-30-32-28(24-14-12-19(34)15-27(24)35)31-29(33-30)26-16-25-20-8-4-3-7-18(20)11-13-23(25)21-9-5-6-10-22(21)26/h3-17,28,34-35H,1-2H3,(H,31,32,33). The highest BCUT2D eigenvalue weighted by molar-refractivity contribution is 6.24. The molecule has 0 spiro atoms. The van der Waals surface area contributed by atoms with Gasteiger partial charge >= 0.3 is 0 Å². The van der Waals surface area contributed by atoms with Crippen LogP contribution < -0.4 is 5.32 Å². The molecule has 0 amide bonds. The topological polar surface area (TPSA) is 86.4 Å². The Labute approximate surface area is 208 Å². The first-order valence-electron chi connectivity index (χ1n) is 11.9. The zero-order valence-electron chi connectivity index (χ0n) is 19.9. The molecule has 0 aromatic heterocycles. The van der Waals surface area contributed by atoms with Crippen molar-refractivity contribution in [2.24, 2.45) is 9.98 Å². The van der Waals surface area contributed by atoms with Crippen LogP contribution in [0.25, 0.3) is 32.3 Å². The molecule has 36 heavy (non-hydrogen) atoms. The number of phenolic OH excluding ortho intramolecular Hbond substituents is 2. The molecular weight excluding hydrogens is 450 g/mol. The molecule has 0 fully saturated rings. The third-order valence-electron chi connectivity index (χ3n) is 6.38. The lowest BCUT2D eigenvalue weighted by Crippen LogP contribution is -2.38. The SMILES string of the molecule is CC(C)OC1=NC(c2ccc(O)cc2O)N=C(c2cc3c4ccccc4ccc3c3ccccc23)N1. The van der Waals surface area contributed by atoms with E-state index in [4.69, 9.17) is 9.73 Å². The number of phenols is 2. The van der Waals surface area contributed by atoms with E-state index in [1.165, 1.54) is 28.3 Å². The largest absolute Gasteiger partial charge is 0.508 e. The number of amidine groups is 2. The van der Waals surface area contributed by atoms with Crippen LogP contribution in [0.2, 0.25) is 0 Å². The molecule has 0 radical (unpaired) electrons. The van der Waals surface area contributed by atoms with Gasteiger partial charge in [-0.2, -0.15) is 0 Å². The van der Waals surface area contributed by atoms with Crippen molar-refractivity contribution < 1.29 is 14.9 Å². The smallest absolute Gasteiger partial charge is 0.293 e. The lowest BCUT2D eigenvalue weighted by molar-refractivity contribution is 0.217. The summed E-state index contributed by atoms with van der Waals surface area (Å²) in [6, 6.07) is 27.9. The Bertz CT molecular complexity index is 1710. The predicted octanol–water partition coefficient (Wildman–Crippen LogP) is 6.39. The van der Waals surface area contributed by atoms with Gasteiger partial charge in [0.1, 0.15) is 17.3 Å². The van der Waals surface area contributed by atoms with E-state index in [0.29, 0.717) is 17.4 Å². The van der Waals surface area contributed by atoms with E-state index in [-0.39, 0.29) is 17.6 Å². The van der Waals surface area contributed by atoms with Crippen molar-refractivity contribution in [3.63, 3.8) is 0 Å². The first kappa shape index (κ1) is 21.9. The minimum Gasteiger partial charge on any atom is -0.508 e. The number of hydrogen-bond donors (Lipinski definition) is 3. The molecule has 3 N–H and O–H groups in total. The van der Waals surface area contributed by atoms with E-state index in [1.54, 1.807) is 6.07 Å². The number of rotatable bonds is 3. The summed E-state index contributed by atoms with van der Waals surface area (Å²) >= 11 is 0. The number of aromatic hydroxyl groups is 2. The molecule has 1 aliphatic rings. The summed E-state index contributed by atoms with van der Waals surface area (Å²) in [6.45, 7) is 3.86. The van der Waals surface area contributed by atoms with E-state index >= 15 is 0 Å². The Morgan fingerprint density at radius 3 is 2.25 bits per heavy atom. The van der Waals surface area contributed by atoms with Gasteiger partial charge in [-0.3, -0.25) is 5.32 Å². The zero-order chi connectivity index (χ0) is 24.8. The van der Waals surface area contributed by atoms with E-state index < -0.39 is 6.17 Å². The van der Waals surface area contributed by atoms with E-state index in [9.17, 15) is 10.2 Å². The van der Waals surface area contributed by atoms with Gasteiger partial charge in [0.2, 0.25) is 0 Å². The maximum Gasteiger partial charge on any atom is 0.293 e. The van der Waals surface area contributed by atoms with Crippen molar-refractivity contribution in [1.82, 2.24) is 5.32 Å². The first-order valence-corrected chi connectivity index (χ1v) is 11.9. The Morgan fingerprint density at radius 2 is 1.47 bits per heavy atom. The van der Waals surface area contributed by atoms with Crippen molar-refractivity contribution >= 4 is 44.2 Å². The predicted molar refractivity (Wildman–Crippen MR) is 145 cm³/mol. The highest BCUT2D eigenvalue weighted by atomic mass is 16.5. The summed E-state index contributed by atoms with van der Waals surface area (Å²) in [5, 5.41) is 30.4. The zero-order valence-corrected chi connectivity index (χ0v) is 19.9. The van der Waals surface area contributed by atoms with Crippen LogP contribution in [0.5, 0.6) is 11.5 Å². The maximum atomic E-state index is 10.5. The Balaban J connectivity index is 1.61. The molecule has 0 bridgehead atoms. The lowest BCUT2D eigenvalue weighted by Gasteiger charge is -2.24. The molecule has 178 valence electrons. The molecule has 0 aliphatic carbocycles. The van der Waals surface area contributed by atoms with Crippen LogP contribution in [0, 0.1) is 0 Å². The Kier molecular flexibility index (Phi) is 5.22. The normalized spacial score (nSPS) is 15.7. The summed E-state index contributed by atoms with van der Waals surface area (Å²) in [4.78, 5) is 9.51. The van der Waals surface area contributed by atoms with Gasteiger partial charge in [-0.25, -0.2) is 9.98 Å². The first-order chi connectivity index (χ1) is 17.5. The Hall–Kier alpha value is -4.58. The van der Waals surface area contributed by atoms with Gasteiger partial charge in [-0.1, -0.05) is 60.7 Å². The molecule has 1 atom stereocenters. The van der Waals surface area contributed by atoms with Crippen LogP contribution in [-0.2, 0) is 4.74 Å². The van der Waals surface area contributed by atoms with Crippen molar-refractivity contribution in [3.8, 4) is 11.5 Å². The molecular formula is C30H25N3O3. The minimum absolute atomic E-state index is 0.0237. The van der Waals surface area contributed by atoms with Gasteiger partial charge in [0.05, 0.1) is 6.10 Å². The average molecular weight is 476 g/mol. The fraction of sp³-hybridized carbons (Fsp3) is 0.133. The molecule has 6 rings (SSSR count). The molecule has 1 unspecified atom stereocenters. The third-order valence-corrected chi connectivity index (χ3v) is 6.38. The number of ether oxygens (including phenoxy) is 1. The molecule has 0 saturated carbocycles. The van der Waals surface area contributed by atoms with Crippen LogP contribution in [0.4, 0.5) is 0 Å². The number of nitrogens with zero attached hydrogens (tertiary/aromatic N) is 2. The van der Waals surface area contributed by atoms with Crippen LogP contribution in [0.3, 0.4) is 0 Å². The van der Waals surface area contributed by atoms with Gasteiger partial charge in [0, 0.05) is 17.2 Å². The highest BCUT2D eigenvalue weighted by Crippen LogP contribution is 2.36. The quantitative estimate of drug-likeness (QED) is 0.264. The fourth-order valence-corrected chi connectivity index (χ4v) is 4.79. The van der Waals surface area contributed by atoms with Gasteiger partial charge < -0.3 is 14.9 Å². The van der Waals surface area contributed by atoms with Crippen LogP contribution in [0.15, 0.2) is 94.9 Å². The van der Waals surface area contributed by atoms with Crippen molar-refractivity contribution in [2.45, 2.75) is 26.1 Å². The summed E-state index contributed by atoms with van der Waals surface area (Å²) in [6.07, 6.45) is -0.848. The van der Waals surface area contributed by atoms with Gasteiger partial charge in [-0.15, -0.1) is 0 Å². The van der Waals surface area contributed by atoms with Crippen molar-refractivity contribution in [2.75, 3.05) is 0 Å². The van der Waals surface area contributed by atoms with Crippen LogP contribution in [0.1, 0.15) is 31.1 Å². The summed E-state index contributed by atoms with van der Waals surface area (Å²) in [5.74, 6) is 0.501. The summed E-state index contributed by atoms with van der Waals surface area (Å²) in [7, 11) is 0. The monoisotopic (exact) mass is 475 g/mol. The van der Waals surface area contributed by atoms with Crippen molar-refractivity contribution in [1.29, 1.82) is 0 Å². The van der Waals surface area contributed by atoms with Crippen LogP contribution in [-0.4, -0.2) is 28.2 Å². The molecule has 1 aliphatic heterocycles. The Morgan fingerprint density at radius 1 is 0.750 bits per heavy atom. The number of nitrogens with one attached hydrogen (secondary N) is 1. The van der Waals surface area contributed by atoms with E-state index in [2.05, 4.69) is 58.8 Å². The molecule has 0 saturated heterocycles.